The van der Waals surface area contributed by atoms with Crippen molar-refractivity contribution in [3.05, 3.63) is 88.6 Å². The summed E-state index contributed by atoms with van der Waals surface area (Å²) in [5.41, 5.74) is 0.320. The topological polar surface area (TPSA) is 87.4 Å². The quantitative estimate of drug-likeness (QED) is 0.308. The Bertz CT molecular complexity index is 1710. The van der Waals surface area contributed by atoms with E-state index in [1.54, 1.807) is 25.1 Å². The first kappa shape index (κ1) is 25.8. The smallest absolute Gasteiger partial charge is 0.387 e. The zero-order chi connectivity index (χ0) is 27.2. The predicted molar refractivity (Wildman–Crippen MR) is 136 cm³/mol. The molecule has 0 unspecified atom stereocenters. The van der Waals surface area contributed by atoms with Crippen LogP contribution in [0.4, 0.5) is 13.2 Å². The monoisotopic (exact) mass is 544 g/mol. The number of carbonyl (C=O) groups excluding carboxylic acids is 1. The van der Waals surface area contributed by atoms with Crippen molar-refractivity contribution >= 4 is 26.7 Å². The number of nitrogens with zero attached hydrogens (tertiary/aromatic N) is 2. The number of carbonyl (C=O) groups is 1. The third-order valence-corrected chi connectivity index (χ3v) is 8.68. The van der Waals surface area contributed by atoms with Gasteiger partial charge in [0, 0.05) is 18.1 Å². The van der Waals surface area contributed by atoms with Crippen molar-refractivity contribution in [2.75, 3.05) is 11.5 Å². The van der Waals surface area contributed by atoms with Gasteiger partial charge in [-0.2, -0.15) is 8.78 Å². The van der Waals surface area contributed by atoms with Crippen molar-refractivity contribution in [3.63, 3.8) is 0 Å². The number of ketones is 1. The third-order valence-electron chi connectivity index (χ3n) is 6.72. The van der Waals surface area contributed by atoms with E-state index in [4.69, 9.17) is 0 Å². The van der Waals surface area contributed by atoms with E-state index in [2.05, 4.69) is 4.74 Å². The van der Waals surface area contributed by atoms with Crippen LogP contribution in [0.5, 0.6) is 5.75 Å². The number of imidazole rings is 1. The van der Waals surface area contributed by atoms with Gasteiger partial charge in [0.05, 0.1) is 33.9 Å². The van der Waals surface area contributed by atoms with Crippen molar-refractivity contribution in [2.45, 2.75) is 26.4 Å². The Hall–Kier alpha value is -3.86. The molecule has 5 rings (SSSR count). The second kappa shape index (κ2) is 9.46. The molecule has 4 aromatic rings. The molecule has 38 heavy (non-hydrogen) atoms. The molecule has 0 radical (unpaired) electrons. The van der Waals surface area contributed by atoms with E-state index in [9.17, 15) is 31.2 Å². The highest BCUT2D eigenvalue weighted by Crippen LogP contribution is 2.36. The lowest BCUT2D eigenvalue weighted by Crippen LogP contribution is -2.22. The van der Waals surface area contributed by atoms with Crippen LogP contribution in [0.25, 0.3) is 22.4 Å². The molecule has 1 fully saturated rings. The van der Waals surface area contributed by atoms with Crippen LogP contribution in [0.1, 0.15) is 30.1 Å². The van der Waals surface area contributed by atoms with Crippen molar-refractivity contribution in [3.8, 4) is 17.1 Å². The number of alkyl halides is 2. The van der Waals surface area contributed by atoms with E-state index in [1.807, 2.05) is 0 Å². The molecule has 1 aliphatic heterocycles. The number of rotatable bonds is 7. The number of hydrogen-bond acceptors (Lipinski definition) is 5. The molecule has 3 aromatic carbocycles. The summed E-state index contributed by atoms with van der Waals surface area (Å²) in [6, 6.07) is 15.5. The average molecular weight is 545 g/mol. The average Bonchev–Trinajstić information content (AvgIpc) is 3.29. The van der Waals surface area contributed by atoms with Crippen LogP contribution in [0.2, 0.25) is 0 Å². The predicted octanol–water partition coefficient (Wildman–Crippen LogP) is 4.92. The normalized spacial score (nSPS) is 18.8. The minimum Gasteiger partial charge on any atom is -0.435 e. The first-order chi connectivity index (χ1) is 17.9. The number of ether oxygens (including phenoxy) is 1. The Labute approximate surface area is 216 Å². The first-order valence-corrected chi connectivity index (χ1v) is 13.6. The summed E-state index contributed by atoms with van der Waals surface area (Å²) in [5.74, 6) is -0.944. The van der Waals surface area contributed by atoms with Gasteiger partial charge in [0.15, 0.2) is 15.6 Å². The van der Waals surface area contributed by atoms with Gasteiger partial charge in [-0.05, 0) is 66.4 Å². The third kappa shape index (κ3) is 4.98. The van der Waals surface area contributed by atoms with Crippen LogP contribution in [0.15, 0.2) is 71.5 Å². The van der Waals surface area contributed by atoms with Gasteiger partial charge in [-0.15, -0.1) is 0 Å². The summed E-state index contributed by atoms with van der Waals surface area (Å²) >= 11 is 0. The van der Waals surface area contributed by atoms with Crippen LogP contribution in [0.3, 0.4) is 0 Å². The van der Waals surface area contributed by atoms with Crippen molar-refractivity contribution < 1.29 is 31.1 Å². The highest BCUT2D eigenvalue weighted by atomic mass is 32.2. The maximum Gasteiger partial charge on any atom is 0.387 e. The number of Topliss-reactive ketones (excluding diaryl/α,β-unsaturated/α-hetero) is 1. The van der Waals surface area contributed by atoms with E-state index < -0.39 is 33.4 Å². The van der Waals surface area contributed by atoms with Gasteiger partial charge in [0.2, 0.25) is 0 Å². The summed E-state index contributed by atoms with van der Waals surface area (Å²) in [4.78, 5) is 26.9. The van der Waals surface area contributed by atoms with Crippen LogP contribution in [-0.4, -0.2) is 41.5 Å². The fourth-order valence-corrected chi connectivity index (χ4v) is 7.22. The molecule has 0 amide bonds. The molecule has 2 heterocycles. The number of aromatic nitrogens is 2. The fourth-order valence-electron chi connectivity index (χ4n) is 4.97. The summed E-state index contributed by atoms with van der Waals surface area (Å²) in [7, 11) is -3.20. The number of hydrogen-bond donors (Lipinski definition) is 0. The molecule has 1 aliphatic rings. The summed E-state index contributed by atoms with van der Waals surface area (Å²) < 4.78 is 70.3. The highest BCUT2D eigenvalue weighted by Gasteiger charge is 2.40. The highest BCUT2D eigenvalue weighted by molar-refractivity contribution is 7.91. The van der Waals surface area contributed by atoms with Crippen molar-refractivity contribution in [1.29, 1.82) is 0 Å². The number of halogens is 3. The zero-order valence-electron chi connectivity index (χ0n) is 20.2. The lowest BCUT2D eigenvalue weighted by Gasteiger charge is -2.20. The molecular weight excluding hydrogens is 521 g/mol. The van der Waals surface area contributed by atoms with Gasteiger partial charge in [0.25, 0.3) is 0 Å². The number of fused-ring (bicyclic) bond motifs is 1. The minimum absolute atomic E-state index is 0.0201. The number of sulfone groups is 1. The Kier molecular flexibility index (Phi) is 6.42. The van der Waals surface area contributed by atoms with Crippen LogP contribution >= 0.6 is 0 Å². The maximum absolute atomic E-state index is 13.7. The van der Waals surface area contributed by atoms with E-state index in [1.165, 1.54) is 57.7 Å². The lowest BCUT2D eigenvalue weighted by molar-refractivity contribution is -0.0498. The molecule has 7 nitrogen and oxygen atoms in total. The summed E-state index contributed by atoms with van der Waals surface area (Å²) in [6.45, 7) is -1.28. The molecule has 0 N–H and O–H groups in total. The largest absolute Gasteiger partial charge is 0.435 e. The molecule has 0 spiro atoms. The SMILES string of the molecule is C[C@@]1(CC(=O)c2ccc3c(c2)n(-c2ccc(F)cc2)c(=O)n3-c2cccc(OC(F)F)c2)CCS(=O)(=O)C1. The van der Waals surface area contributed by atoms with E-state index in [0.717, 1.165) is 0 Å². The van der Waals surface area contributed by atoms with E-state index in [0.29, 0.717) is 23.1 Å². The van der Waals surface area contributed by atoms with Gasteiger partial charge in [0.1, 0.15) is 11.6 Å². The van der Waals surface area contributed by atoms with Crippen molar-refractivity contribution in [1.82, 2.24) is 9.13 Å². The fraction of sp³-hybridized carbons (Fsp3) is 0.259. The second-order valence-electron chi connectivity index (χ2n) is 9.76. The van der Waals surface area contributed by atoms with Crippen LogP contribution < -0.4 is 10.4 Å². The first-order valence-electron chi connectivity index (χ1n) is 11.8. The molecule has 1 aromatic heterocycles. The molecule has 0 aliphatic carbocycles. The Morgan fingerprint density at radius 3 is 2.37 bits per heavy atom. The number of benzene rings is 3. The molecule has 11 heteroatoms. The van der Waals surface area contributed by atoms with Crippen LogP contribution in [-0.2, 0) is 9.84 Å². The summed E-state index contributed by atoms with van der Waals surface area (Å²) in [5, 5.41) is 0. The summed E-state index contributed by atoms with van der Waals surface area (Å²) in [6.07, 6.45) is 0.406. The van der Waals surface area contributed by atoms with E-state index >= 15 is 0 Å². The van der Waals surface area contributed by atoms with Gasteiger partial charge in [-0.1, -0.05) is 13.0 Å². The Morgan fingerprint density at radius 2 is 1.71 bits per heavy atom. The van der Waals surface area contributed by atoms with Crippen molar-refractivity contribution in [2.24, 2.45) is 5.41 Å². The Balaban J connectivity index is 1.65. The van der Waals surface area contributed by atoms with E-state index in [-0.39, 0.29) is 40.7 Å². The maximum atomic E-state index is 13.7. The van der Waals surface area contributed by atoms with Gasteiger partial charge < -0.3 is 4.74 Å². The molecule has 0 saturated carbocycles. The minimum atomic E-state index is -3.20. The van der Waals surface area contributed by atoms with Gasteiger partial charge >= 0.3 is 12.3 Å². The van der Waals surface area contributed by atoms with Gasteiger partial charge in [-0.3, -0.25) is 13.9 Å². The molecule has 0 bridgehead atoms. The zero-order valence-corrected chi connectivity index (χ0v) is 21.1. The lowest BCUT2D eigenvalue weighted by atomic mass is 9.83. The standard InChI is InChI=1S/C27H23F3N2O5S/c1-27(11-12-38(35,36)16-27)15-24(33)17-5-10-22-23(13-17)31(19-8-6-18(28)7-9-19)26(34)32(22)20-3-2-4-21(14-20)37-25(29)30/h2-10,13-14,25H,11-12,15-16H2,1H3/t27-/m0/s1. The second-order valence-corrected chi connectivity index (χ2v) is 11.9. The molecule has 198 valence electrons. The van der Waals surface area contributed by atoms with Crippen LogP contribution in [0, 0.1) is 11.2 Å². The molecule has 1 atom stereocenters. The molecule has 1 saturated heterocycles. The Morgan fingerprint density at radius 1 is 1.00 bits per heavy atom. The molecular formula is C27H23F3N2O5S. The van der Waals surface area contributed by atoms with Gasteiger partial charge in [-0.25, -0.2) is 17.6 Å².